The van der Waals surface area contributed by atoms with E-state index in [2.05, 4.69) is 12.2 Å². The Morgan fingerprint density at radius 3 is 2.48 bits per heavy atom. The standard InChI is InChI=1S/C22H33N3O2/c1-2-20(16-7-4-3-5-8-16)22(27)25-13-11-19(12-14-25)24-21(26)17-9-6-10-18(23)15-17/h3-5,7-8,17-20H,2,6,9-15,23H2,1H3,(H,24,26). The van der Waals surface area contributed by atoms with Crippen molar-refractivity contribution in [2.75, 3.05) is 13.1 Å². The molecule has 2 fully saturated rings. The molecule has 5 heteroatoms. The van der Waals surface area contributed by atoms with E-state index in [0.29, 0.717) is 0 Å². The monoisotopic (exact) mass is 371 g/mol. The minimum absolute atomic E-state index is 0.0657. The first kappa shape index (κ1) is 19.9. The highest BCUT2D eigenvalue weighted by atomic mass is 16.2. The molecule has 148 valence electrons. The lowest BCUT2D eigenvalue weighted by Crippen LogP contribution is -2.49. The fourth-order valence-electron chi connectivity index (χ4n) is 4.49. The van der Waals surface area contributed by atoms with Gasteiger partial charge >= 0.3 is 0 Å². The zero-order valence-corrected chi connectivity index (χ0v) is 16.4. The molecule has 1 saturated heterocycles. The number of nitrogens with two attached hydrogens (primary N) is 1. The van der Waals surface area contributed by atoms with Crippen LogP contribution in [0.4, 0.5) is 0 Å². The van der Waals surface area contributed by atoms with E-state index in [4.69, 9.17) is 5.73 Å². The number of hydrogen-bond acceptors (Lipinski definition) is 3. The van der Waals surface area contributed by atoms with Gasteiger partial charge in [0.1, 0.15) is 0 Å². The van der Waals surface area contributed by atoms with Gasteiger partial charge in [-0.15, -0.1) is 0 Å². The molecule has 0 aromatic heterocycles. The zero-order chi connectivity index (χ0) is 19.2. The Labute approximate surface area is 162 Å². The van der Waals surface area contributed by atoms with Crippen LogP contribution in [-0.4, -0.2) is 41.9 Å². The highest BCUT2D eigenvalue weighted by molar-refractivity contribution is 5.84. The quantitative estimate of drug-likeness (QED) is 0.836. The summed E-state index contributed by atoms with van der Waals surface area (Å²) in [5.41, 5.74) is 7.10. The number of carbonyl (C=O) groups excluding carboxylic acids is 2. The van der Waals surface area contributed by atoms with E-state index in [1.165, 1.54) is 0 Å². The van der Waals surface area contributed by atoms with Gasteiger partial charge in [-0.1, -0.05) is 43.7 Å². The van der Waals surface area contributed by atoms with E-state index >= 15 is 0 Å². The summed E-state index contributed by atoms with van der Waals surface area (Å²) >= 11 is 0. The molecule has 1 aromatic rings. The molecule has 1 aliphatic heterocycles. The van der Waals surface area contributed by atoms with E-state index in [-0.39, 0.29) is 35.7 Å². The molecule has 5 nitrogen and oxygen atoms in total. The van der Waals surface area contributed by atoms with Crippen LogP contribution in [0.1, 0.15) is 63.4 Å². The predicted molar refractivity (Wildman–Crippen MR) is 107 cm³/mol. The summed E-state index contributed by atoms with van der Waals surface area (Å²) in [5.74, 6) is 0.370. The molecule has 3 rings (SSSR count). The summed E-state index contributed by atoms with van der Waals surface area (Å²) < 4.78 is 0. The number of carbonyl (C=O) groups is 2. The molecular weight excluding hydrogens is 338 g/mol. The molecule has 27 heavy (non-hydrogen) atoms. The van der Waals surface area contributed by atoms with Crippen LogP contribution in [0.3, 0.4) is 0 Å². The Bertz CT molecular complexity index is 626. The van der Waals surface area contributed by atoms with Gasteiger partial charge in [0.25, 0.3) is 0 Å². The fraction of sp³-hybridized carbons (Fsp3) is 0.636. The number of likely N-dealkylation sites (tertiary alicyclic amines) is 1. The molecule has 1 saturated carbocycles. The molecular formula is C22H33N3O2. The lowest BCUT2D eigenvalue weighted by Gasteiger charge is -2.35. The van der Waals surface area contributed by atoms with Gasteiger partial charge in [-0.25, -0.2) is 0 Å². The topological polar surface area (TPSA) is 75.4 Å². The molecule has 3 unspecified atom stereocenters. The Balaban J connectivity index is 1.49. The number of benzene rings is 1. The predicted octanol–water partition coefficient (Wildman–Crippen LogP) is 2.80. The number of nitrogens with one attached hydrogen (secondary N) is 1. The van der Waals surface area contributed by atoms with Crippen LogP contribution in [-0.2, 0) is 9.59 Å². The Morgan fingerprint density at radius 1 is 1.15 bits per heavy atom. The maximum atomic E-state index is 13.0. The first-order chi connectivity index (χ1) is 13.1. The number of piperidine rings is 1. The van der Waals surface area contributed by atoms with Crippen molar-refractivity contribution in [1.29, 1.82) is 0 Å². The maximum absolute atomic E-state index is 13.0. The average molecular weight is 372 g/mol. The molecule has 3 atom stereocenters. The van der Waals surface area contributed by atoms with E-state index < -0.39 is 0 Å². The largest absolute Gasteiger partial charge is 0.353 e. The highest BCUT2D eigenvalue weighted by Crippen LogP contribution is 2.26. The Kier molecular flexibility index (Phi) is 6.89. The first-order valence-electron chi connectivity index (χ1n) is 10.5. The van der Waals surface area contributed by atoms with E-state index in [0.717, 1.165) is 63.6 Å². The first-order valence-corrected chi connectivity index (χ1v) is 10.5. The van der Waals surface area contributed by atoms with Crippen LogP contribution >= 0.6 is 0 Å². The molecule has 1 aromatic carbocycles. The van der Waals surface area contributed by atoms with E-state index in [1.54, 1.807) is 0 Å². The zero-order valence-electron chi connectivity index (χ0n) is 16.4. The van der Waals surface area contributed by atoms with Gasteiger partial charge < -0.3 is 16.0 Å². The van der Waals surface area contributed by atoms with Gasteiger partial charge in [0.2, 0.25) is 11.8 Å². The Morgan fingerprint density at radius 2 is 1.85 bits per heavy atom. The van der Waals surface area contributed by atoms with Crippen molar-refractivity contribution in [2.24, 2.45) is 11.7 Å². The lowest BCUT2D eigenvalue weighted by atomic mass is 9.85. The van der Waals surface area contributed by atoms with Crippen molar-refractivity contribution < 1.29 is 9.59 Å². The van der Waals surface area contributed by atoms with Gasteiger partial charge in [-0.2, -0.15) is 0 Å². The third kappa shape index (κ3) is 5.10. The molecule has 0 spiro atoms. The molecule has 1 heterocycles. The van der Waals surface area contributed by atoms with Crippen molar-refractivity contribution in [1.82, 2.24) is 10.2 Å². The second-order valence-electron chi connectivity index (χ2n) is 8.10. The third-order valence-electron chi connectivity index (χ3n) is 6.15. The second-order valence-corrected chi connectivity index (χ2v) is 8.10. The van der Waals surface area contributed by atoms with Crippen LogP contribution in [0, 0.1) is 5.92 Å². The van der Waals surface area contributed by atoms with Crippen molar-refractivity contribution >= 4 is 11.8 Å². The maximum Gasteiger partial charge on any atom is 0.230 e. The molecule has 0 radical (unpaired) electrons. The van der Waals surface area contributed by atoms with Gasteiger partial charge in [0.05, 0.1) is 5.92 Å². The lowest BCUT2D eigenvalue weighted by molar-refractivity contribution is -0.134. The van der Waals surface area contributed by atoms with Crippen LogP contribution < -0.4 is 11.1 Å². The van der Waals surface area contributed by atoms with Crippen LogP contribution in [0.2, 0.25) is 0 Å². The van der Waals surface area contributed by atoms with Crippen molar-refractivity contribution in [3.05, 3.63) is 35.9 Å². The minimum atomic E-state index is -0.0685. The summed E-state index contributed by atoms with van der Waals surface area (Å²) in [6.45, 7) is 3.51. The van der Waals surface area contributed by atoms with Crippen molar-refractivity contribution in [3.63, 3.8) is 0 Å². The molecule has 0 bridgehead atoms. The normalized spacial score (nSPS) is 25.0. The number of amides is 2. The average Bonchev–Trinajstić information content (AvgIpc) is 2.70. The molecule has 3 N–H and O–H groups in total. The van der Waals surface area contributed by atoms with Gasteiger partial charge in [-0.3, -0.25) is 9.59 Å². The van der Waals surface area contributed by atoms with Gasteiger partial charge in [0, 0.05) is 31.1 Å². The molecule has 2 aliphatic rings. The number of nitrogens with zero attached hydrogens (tertiary/aromatic N) is 1. The van der Waals surface area contributed by atoms with Gasteiger partial charge in [-0.05, 0) is 44.1 Å². The summed E-state index contributed by atoms with van der Waals surface area (Å²) in [7, 11) is 0. The smallest absolute Gasteiger partial charge is 0.230 e. The van der Waals surface area contributed by atoms with Crippen LogP contribution in [0.5, 0.6) is 0 Å². The number of hydrogen-bond donors (Lipinski definition) is 2. The Hall–Kier alpha value is -1.88. The molecule has 2 amide bonds. The van der Waals surface area contributed by atoms with Crippen molar-refractivity contribution in [2.45, 2.75) is 69.9 Å². The highest BCUT2D eigenvalue weighted by Gasteiger charge is 2.31. The number of rotatable bonds is 5. The fourth-order valence-corrected chi connectivity index (χ4v) is 4.49. The summed E-state index contributed by atoms with van der Waals surface area (Å²) in [6, 6.07) is 10.4. The van der Waals surface area contributed by atoms with E-state index in [9.17, 15) is 9.59 Å². The molecule has 1 aliphatic carbocycles. The van der Waals surface area contributed by atoms with E-state index in [1.807, 2.05) is 35.2 Å². The van der Waals surface area contributed by atoms with Crippen LogP contribution in [0.15, 0.2) is 30.3 Å². The summed E-state index contributed by atoms with van der Waals surface area (Å²) in [5, 5.41) is 3.21. The minimum Gasteiger partial charge on any atom is -0.353 e. The summed E-state index contributed by atoms with van der Waals surface area (Å²) in [4.78, 5) is 27.5. The third-order valence-corrected chi connectivity index (χ3v) is 6.15. The summed E-state index contributed by atoms with van der Waals surface area (Å²) in [6.07, 6.45) is 6.31. The SMILES string of the molecule is CCC(C(=O)N1CCC(NC(=O)C2CCCC(N)C2)CC1)c1ccccc1. The van der Waals surface area contributed by atoms with Gasteiger partial charge in [0.15, 0.2) is 0 Å². The second kappa shape index (κ2) is 9.36. The van der Waals surface area contributed by atoms with Crippen LogP contribution in [0.25, 0.3) is 0 Å². The van der Waals surface area contributed by atoms with Crippen molar-refractivity contribution in [3.8, 4) is 0 Å².